The first-order chi connectivity index (χ1) is 5.15. The highest BCUT2D eigenvalue weighted by atomic mass is 14.7. The molecule has 2 heteroatoms. The summed E-state index contributed by atoms with van der Waals surface area (Å²) in [4.78, 5) is 4.14. The van der Waals surface area contributed by atoms with Gasteiger partial charge in [-0.05, 0) is 24.1 Å². The largest absolute Gasteiger partial charge is 0.289 e. The second kappa shape index (κ2) is 2.91. The summed E-state index contributed by atoms with van der Waals surface area (Å²) in [6, 6.07) is 0. The molecule has 0 aromatic rings. The maximum Gasteiger partial charge on any atom is 0.142 e. The van der Waals surface area contributed by atoms with Gasteiger partial charge < -0.3 is 0 Å². The minimum atomic E-state index is 1.06. The Bertz CT molecular complexity index is 282. The highest BCUT2D eigenvalue weighted by Crippen LogP contribution is 2.17. The van der Waals surface area contributed by atoms with E-state index in [0.29, 0.717) is 0 Å². The van der Waals surface area contributed by atoms with Crippen LogP contribution in [-0.2, 0) is 0 Å². The smallest absolute Gasteiger partial charge is 0.142 e. The summed E-state index contributed by atoms with van der Waals surface area (Å²) < 4.78 is 0. The molecule has 0 unspecified atom stereocenters. The van der Waals surface area contributed by atoms with Crippen molar-refractivity contribution < 1.29 is 0 Å². The lowest BCUT2D eigenvalue weighted by molar-refractivity contribution is 1.39. The van der Waals surface area contributed by atoms with E-state index in [1.165, 1.54) is 11.0 Å². The van der Waals surface area contributed by atoms with E-state index in [4.69, 9.17) is 0 Å². The second-order valence-corrected chi connectivity index (χ2v) is 2.79. The average Bonchev–Trinajstić information content (AvgIpc) is 1.97. The number of allylic oxidation sites excluding steroid dienone is 5. The molecule has 0 aromatic heterocycles. The van der Waals surface area contributed by atoms with Crippen molar-refractivity contribution in [2.45, 2.75) is 6.92 Å². The van der Waals surface area contributed by atoms with Crippen LogP contribution in [0, 0.1) is 0 Å². The van der Waals surface area contributed by atoms with Crippen LogP contribution in [-0.4, -0.2) is 20.6 Å². The predicted octanol–water partition coefficient (Wildman–Crippen LogP) is 1.09. The molecule has 1 rings (SSSR count). The topological polar surface area (TPSA) is 12.4 Å². The monoisotopic (exact) mass is 145 g/mol. The zero-order valence-electron chi connectivity index (χ0n) is 7.31. The molecule has 0 spiro atoms. The lowest BCUT2D eigenvalue weighted by Crippen LogP contribution is -2.05. The molecular weight excluding hydrogens is 133 g/mol. The molecule has 0 saturated heterocycles. The molecule has 1 aliphatic rings. The maximum atomic E-state index is 4.14. The molecule has 11 heavy (non-hydrogen) atoms. The van der Waals surface area contributed by atoms with E-state index in [-0.39, 0.29) is 0 Å². The van der Waals surface area contributed by atoms with Gasteiger partial charge in [0, 0.05) is 7.05 Å². The summed E-state index contributed by atoms with van der Waals surface area (Å²) >= 11 is 0. The van der Waals surface area contributed by atoms with E-state index in [2.05, 4.69) is 38.5 Å². The first-order valence-corrected chi connectivity index (χ1v) is 3.68. The zero-order valence-corrected chi connectivity index (χ0v) is 7.31. The summed E-state index contributed by atoms with van der Waals surface area (Å²) in [6.45, 7) is 5.97. The van der Waals surface area contributed by atoms with Crippen molar-refractivity contribution in [3.05, 3.63) is 35.3 Å². The fourth-order valence-electron chi connectivity index (χ4n) is 1.10. The minimum Gasteiger partial charge on any atom is -0.289 e. The zero-order chi connectivity index (χ0) is 8.43. The van der Waals surface area contributed by atoms with E-state index < -0.39 is 0 Å². The highest BCUT2D eigenvalue weighted by Gasteiger charge is 2.06. The molecule has 0 aliphatic heterocycles. The molecule has 56 valence electrons. The average molecular weight is 145 g/mol. The molecule has 0 radical (unpaired) electrons. The number of hydrogen-bond donors (Lipinski definition) is 0. The van der Waals surface area contributed by atoms with Gasteiger partial charge in [-0.25, -0.2) is 0 Å². The van der Waals surface area contributed by atoms with Crippen LogP contribution in [0.15, 0.2) is 40.3 Å². The van der Waals surface area contributed by atoms with Gasteiger partial charge in [-0.3, -0.25) is 4.99 Å². The second-order valence-electron chi connectivity index (χ2n) is 2.79. The van der Waals surface area contributed by atoms with Gasteiger partial charge in [0.05, 0.1) is 5.71 Å². The Morgan fingerprint density at radius 1 is 1.45 bits per heavy atom. The van der Waals surface area contributed by atoms with Gasteiger partial charge in [-0.15, -0.1) is 0 Å². The van der Waals surface area contributed by atoms with Gasteiger partial charge in [0.25, 0.3) is 0 Å². The van der Waals surface area contributed by atoms with E-state index in [1.54, 1.807) is 0 Å². The Morgan fingerprint density at radius 3 is 2.64 bits per heavy atom. The van der Waals surface area contributed by atoms with Crippen molar-refractivity contribution in [2.75, 3.05) is 7.05 Å². The first-order valence-electron chi connectivity index (χ1n) is 3.68. The van der Waals surface area contributed by atoms with Crippen molar-refractivity contribution >= 4 is 13.6 Å². The minimum absolute atomic E-state index is 1.06. The fraction of sp³-hybridized carbons (Fsp3) is 0.222. The SMILES string of the molecule is BC1=CC(=C)C(C)=C/C1=N\C. The molecule has 0 bridgehead atoms. The van der Waals surface area contributed by atoms with Crippen LogP contribution < -0.4 is 0 Å². The van der Waals surface area contributed by atoms with Crippen LogP contribution >= 0.6 is 0 Å². The van der Waals surface area contributed by atoms with Crippen molar-refractivity contribution in [2.24, 2.45) is 4.99 Å². The molecule has 0 amide bonds. The third-order valence-corrected chi connectivity index (χ3v) is 1.90. The normalized spacial score (nSPS) is 21.6. The molecule has 0 fully saturated rings. The first kappa shape index (κ1) is 8.06. The van der Waals surface area contributed by atoms with Crippen molar-refractivity contribution in [1.29, 1.82) is 0 Å². The molecule has 0 aromatic carbocycles. The number of aliphatic imine (C=N–C) groups is 1. The number of nitrogens with zero attached hydrogens (tertiary/aromatic N) is 1. The maximum absolute atomic E-state index is 4.14. The molecule has 1 nitrogen and oxygen atoms in total. The third-order valence-electron chi connectivity index (χ3n) is 1.90. The predicted molar refractivity (Wildman–Crippen MR) is 52.9 cm³/mol. The quantitative estimate of drug-likeness (QED) is 0.452. The van der Waals surface area contributed by atoms with Gasteiger partial charge in [-0.1, -0.05) is 18.1 Å². The van der Waals surface area contributed by atoms with Crippen LogP contribution in [0.2, 0.25) is 0 Å². The Balaban J connectivity index is 3.08. The molecule has 1 aliphatic carbocycles. The molecule has 0 atom stereocenters. The fourth-order valence-corrected chi connectivity index (χ4v) is 1.10. The third kappa shape index (κ3) is 1.51. The van der Waals surface area contributed by atoms with Crippen molar-refractivity contribution in [3.63, 3.8) is 0 Å². The van der Waals surface area contributed by atoms with Gasteiger partial charge in [0.2, 0.25) is 0 Å². The van der Waals surface area contributed by atoms with Crippen LogP contribution in [0.5, 0.6) is 0 Å². The molecule has 0 N–H and O–H groups in total. The lowest BCUT2D eigenvalue weighted by atomic mass is 9.83. The Kier molecular flexibility index (Phi) is 2.13. The Morgan fingerprint density at radius 2 is 2.09 bits per heavy atom. The lowest BCUT2D eigenvalue weighted by Gasteiger charge is -2.11. The standard InChI is InChI=1S/C9H12BN/c1-6-4-8(10)9(11-3)5-7(6)2/h4-5H,1,10H2,2-3H3/b11-9+. The highest BCUT2D eigenvalue weighted by molar-refractivity contribution is 6.41. The summed E-state index contributed by atoms with van der Waals surface area (Å²) in [5.41, 5.74) is 4.56. The van der Waals surface area contributed by atoms with E-state index in [0.717, 1.165) is 11.3 Å². The Hall–Kier alpha value is -1.05. The van der Waals surface area contributed by atoms with Gasteiger partial charge >= 0.3 is 0 Å². The van der Waals surface area contributed by atoms with Gasteiger partial charge in [0.15, 0.2) is 0 Å². The number of hydrogen-bond acceptors (Lipinski definition) is 1. The van der Waals surface area contributed by atoms with Gasteiger partial charge in [-0.2, -0.15) is 0 Å². The van der Waals surface area contributed by atoms with Crippen molar-refractivity contribution in [1.82, 2.24) is 0 Å². The molecule has 0 saturated carbocycles. The van der Waals surface area contributed by atoms with Crippen LogP contribution in [0.4, 0.5) is 0 Å². The van der Waals surface area contributed by atoms with Crippen LogP contribution in [0.1, 0.15) is 6.92 Å². The molecular formula is C9H12BN. The van der Waals surface area contributed by atoms with Crippen LogP contribution in [0.25, 0.3) is 0 Å². The molecule has 0 heterocycles. The van der Waals surface area contributed by atoms with E-state index in [9.17, 15) is 0 Å². The van der Waals surface area contributed by atoms with Gasteiger partial charge in [0.1, 0.15) is 7.85 Å². The summed E-state index contributed by atoms with van der Waals surface area (Å²) in [6.07, 6.45) is 4.13. The van der Waals surface area contributed by atoms with E-state index >= 15 is 0 Å². The van der Waals surface area contributed by atoms with E-state index in [1.807, 2.05) is 7.05 Å². The van der Waals surface area contributed by atoms with Crippen LogP contribution in [0.3, 0.4) is 0 Å². The summed E-state index contributed by atoms with van der Waals surface area (Å²) in [5.74, 6) is 0. The van der Waals surface area contributed by atoms with Crippen molar-refractivity contribution in [3.8, 4) is 0 Å². The number of rotatable bonds is 0. The Labute approximate surface area is 68.6 Å². The summed E-state index contributed by atoms with van der Waals surface area (Å²) in [5, 5.41) is 0. The summed E-state index contributed by atoms with van der Waals surface area (Å²) in [7, 11) is 3.86.